The Morgan fingerprint density at radius 1 is 1.04 bits per heavy atom. The molecule has 0 aliphatic carbocycles. The number of hydrogen-bond acceptors (Lipinski definition) is 7. The Hall–Kier alpha value is -3.00. The fourth-order valence-corrected chi connectivity index (χ4v) is 3.28. The lowest BCUT2D eigenvalue weighted by Gasteiger charge is -2.12. The number of nitrogens with zero attached hydrogens (tertiary/aromatic N) is 1. The van der Waals surface area contributed by atoms with E-state index in [-0.39, 0.29) is 12.5 Å². The fourth-order valence-electron chi connectivity index (χ4n) is 2.37. The highest BCUT2D eigenvalue weighted by Gasteiger charge is 2.10. The Kier molecular flexibility index (Phi) is 5.43. The van der Waals surface area contributed by atoms with Crippen LogP contribution >= 0.6 is 11.3 Å². The van der Waals surface area contributed by atoms with Crippen LogP contribution in [0.15, 0.2) is 36.4 Å². The number of hydrogen-bond donors (Lipinski definition) is 2. The fraction of sp³-hybridized carbons (Fsp3) is 0.222. The number of carbonyl (C=O) groups excluding carboxylic acids is 1. The monoisotopic (exact) mass is 373 g/mol. The number of ether oxygens (including phenoxy) is 3. The molecule has 3 aromatic rings. The van der Waals surface area contributed by atoms with Crippen LogP contribution in [0.2, 0.25) is 0 Å². The molecule has 7 nitrogen and oxygen atoms in total. The molecule has 1 aromatic heterocycles. The van der Waals surface area contributed by atoms with E-state index in [1.165, 1.54) is 11.3 Å². The molecule has 0 atom stereocenters. The van der Waals surface area contributed by atoms with Gasteiger partial charge in [0.25, 0.3) is 0 Å². The van der Waals surface area contributed by atoms with Crippen LogP contribution < -0.4 is 24.8 Å². The van der Waals surface area contributed by atoms with Gasteiger partial charge in [0.1, 0.15) is 17.2 Å². The predicted octanol–water partition coefficient (Wildman–Crippen LogP) is 3.37. The van der Waals surface area contributed by atoms with Gasteiger partial charge in [-0.3, -0.25) is 4.79 Å². The zero-order valence-corrected chi connectivity index (χ0v) is 15.5. The van der Waals surface area contributed by atoms with Crippen molar-refractivity contribution < 1.29 is 19.0 Å². The standard InChI is InChI=1S/C18H19N3O4S/c1-23-11-4-6-13(15(8-11)25-3)19-10-17(22)21-18-20-14-7-5-12(24-2)9-16(14)26-18/h4-9,19H,10H2,1-3H3,(H,20,21,22). The van der Waals surface area contributed by atoms with Gasteiger partial charge in [-0.05, 0) is 30.3 Å². The second-order valence-corrected chi connectivity index (χ2v) is 6.35. The molecule has 0 fully saturated rings. The summed E-state index contributed by atoms with van der Waals surface area (Å²) in [5, 5.41) is 6.39. The molecule has 0 aliphatic heterocycles. The summed E-state index contributed by atoms with van der Waals surface area (Å²) in [6, 6.07) is 10.9. The van der Waals surface area contributed by atoms with Crippen molar-refractivity contribution in [3.05, 3.63) is 36.4 Å². The predicted molar refractivity (Wildman–Crippen MR) is 103 cm³/mol. The minimum absolute atomic E-state index is 0.0853. The Morgan fingerprint density at radius 3 is 2.50 bits per heavy atom. The normalized spacial score (nSPS) is 10.4. The topological polar surface area (TPSA) is 81.7 Å². The van der Waals surface area contributed by atoms with E-state index in [1.54, 1.807) is 39.5 Å². The van der Waals surface area contributed by atoms with Crippen LogP contribution in [-0.2, 0) is 4.79 Å². The third-order valence-electron chi connectivity index (χ3n) is 3.69. The van der Waals surface area contributed by atoms with Crippen molar-refractivity contribution in [1.82, 2.24) is 4.98 Å². The molecule has 8 heteroatoms. The summed E-state index contributed by atoms with van der Waals surface area (Å²) >= 11 is 1.40. The quantitative estimate of drug-likeness (QED) is 0.661. The second kappa shape index (κ2) is 7.92. The van der Waals surface area contributed by atoms with Crippen molar-refractivity contribution in [2.75, 3.05) is 38.5 Å². The molecule has 0 saturated heterocycles. The molecule has 0 spiro atoms. The summed E-state index contributed by atoms with van der Waals surface area (Å²) in [4.78, 5) is 16.6. The number of carbonyl (C=O) groups is 1. The first kappa shape index (κ1) is 17.8. The van der Waals surface area contributed by atoms with Crippen LogP contribution in [0, 0.1) is 0 Å². The van der Waals surface area contributed by atoms with E-state index in [2.05, 4.69) is 15.6 Å². The number of benzene rings is 2. The van der Waals surface area contributed by atoms with E-state index in [0.717, 1.165) is 16.0 Å². The van der Waals surface area contributed by atoms with Crippen molar-refractivity contribution in [2.45, 2.75) is 0 Å². The molecule has 0 radical (unpaired) electrons. The van der Waals surface area contributed by atoms with Crippen molar-refractivity contribution in [3.8, 4) is 17.2 Å². The van der Waals surface area contributed by atoms with E-state index >= 15 is 0 Å². The largest absolute Gasteiger partial charge is 0.497 e. The zero-order chi connectivity index (χ0) is 18.5. The van der Waals surface area contributed by atoms with Gasteiger partial charge in [0.2, 0.25) is 5.91 Å². The van der Waals surface area contributed by atoms with E-state index in [9.17, 15) is 4.79 Å². The van der Waals surface area contributed by atoms with Crippen LogP contribution in [-0.4, -0.2) is 38.8 Å². The van der Waals surface area contributed by atoms with Crippen LogP contribution in [0.1, 0.15) is 0 Å². The molecule has 26 heavy (non-hydrogen) atoms. The molecule has 1 heterocycles. The number of aromatic nitrogens is 1. The molecule has 3 rings (SSSR count). The maximum absolute atomic E-state index is 12.2. The van der Waals surface area contributed by atoms with Gasteiger partial charge in [-0.2, -0.15) is 0 Å². The highest BCUT2D eigenvalue weighted by Crippen LogP contribution is 2.30. The third kappa shape index (κ3) is 3.97. The van der Waals surface area contributed by atoms with Gasteiger partial charge in [0, 0.05) is 6.07 Å². The van der Waals surface area contributed by atoms with Crippen molar-refractivity contribution in [3.63, 3.8) is 0 Å². The van der Waals surface area contributed by atoms with Gasteiger partial charge in [0.05, 0.1) is 43.8 Å². The summed E-state index contributed by atoms with van der Waals surface area (Å²) in [5.74, 6) is 1.84. The minimum atomic E-state index is -0.200. The lowest BCUT2D eigenvalue weighted by atomic mass is 10.2. The number of amides is 1. The Bertz CT molecular complexity index is 926. The number of anilines is 2. The van der Waals surface area contributed by atoms with Crippen molar-refractivity contribution >= 4 is 38.3 Å². The van der Waals surface area contributed by atoms with E-state index in [0.29, 0.717) is 22.3 Å². The molecule has 0 bridgehead atoms. The molecule has 2 aromatic carbocycles. The van der Waals surface area contributed by atoms with Gasteiger partial charge >= 0.3 is 0 Å². The minimum Gasteiger partial charge on any atom is -0.497 e. The van der Waals surface area contributed by atoms with Gasteiger partial charge in [-0.25, -0.2) is 4.98 Å². The SMILES string of the molecule is COc1ccc(NCC(=O)Nc2nc3ccc(OC)cc3s2)c(OC)c1. The Labute approximate surface area is 154 Å². The molecular weight excluding hydrogens is 354 g/mol. The Balaban J connectivity index is 1.64. The smallest absolute Gasteiger partial charge is 0.245 e. The summed E-state index contributed by atoms with van der Waals surface area (Å²) in [6.45, 7) is 0.0853. The zero-order valence-electron chi connectivity index (χ0n) is 14.7. The van der Waals surface area contributed by atoms with Crippen molar-refractivity contribution in [1.29, 1.82) is 0 Å². The first-order valence-electron chi connectivity index (χ1n) is 7.83. The van der Waals surface area contributed by atoms with E-state index in [4.69, 9.17) is 14.2 Å². The molecule has 136 valence electrons. The first-order valence-corrected chi connectivity index (χ1v) is 8.65. The summed E-state index contributed by atoms with van der Waals surface area (Å²) in [5.41, 5.74) is 1.52. The second-order valence-electron chi connectivity index (χ2n) is 5.32. The number of fused-ring (bicyclic) bond motifs is 1. The molecular formula is C18H19N3O4S. The first-order chi connectivity index (χ1) is 12.6. The maximum atomic E-state index is 12.2. The molecule has 2 N–H and O–H groups in total. The van der Waals surface area contributed by atoms with Crippen LogP contribution in [0.5, 0.6) is 17.2 Å². The highest BCUT2D eigenvalue weighted by molar-refractivity contribution is 7.22. The van der Waals surface area contributed by atoms with Crippen LogP contribution in [0.3, 0.4) is 0 Å². The van der Waals surface area contributed by atoms with Gasteiger partial charge in [-0.15, -0.1) is 0 Å². The summed E-state index contributed by atoms with van der Waals surface area (Å²) in [6.07, 6.45) is 0. The lowest BCUT2D eigenvalue weighted by molar-refractivity contribution is -0.114. The van der Waals surface area contributed by atoms with Crippen molar-refractivity contribution in [2.24, 2.45) is 0 Å². The third-order valence-corrected chi connectivity index (χ3v) is 4.62. The van der Waals surface area contributed by atoms with Crippen LogP contribution in [0.4, 0.5) is 10.8 Å². The van der Waals surface area contributed by atoms with E-state index < -0.39 is 0 Å². The number of rotatable bonds is 7. The molecule has 0 aliphatic rings. The van der Waals surface area contributed by atoms with Crippen LogP contribution in [0.25, 0.3) is 10.2 Å². The summed E-state index contributed by atoms with van der Waals surface area (Å²) in [7, 11) is 4.77. The molecule has 0 saturated carbocycles. The average molecular weight is 373 g/mol. The lowest BCUT2D eigenvalue weighted by Crippen LogP contribution is -2.21. The maximum Gasteiger partial charge on any atom is 0.245 e. The highest BCUT2D eigenvalue weighted by atomic mass is 32.1. The van der Waals surface area contributed by atoms with Gasteiger partial charge in [0.15, 0.2) is 5.13 Å². The summed E-state index contributed by atoms with van der Waals surface area (Å²) < 4.78 is 16.6. The van der Waals surface area contributed by atoms with E-state index in [1.807, 2.05) is 18.2 Å². The van der Waals surface area contributed by atoms with Gasteiger partial charge < -0.3 is 24.8 Å². The molecule has 0 unspecified atom stereocenters. The van der Waals surface area contributed by atoms with Gasteiger partial charge in [-0.1, -0.05) is 11.3 Å². The number of methoxy groups -OCH3 is 3. The molecule has 1 amide bonds. The Morgan fingerprint density at radius 2 is 1.77 bits per heavy atom. The number of thiazole rings is 1. The average Bonchev–Trinajstić information content (AvgIpc) is 3.07. The number of nitrogens with one attached hydrogen (secondary N) is 2.